The Hall–Kier alpha value is -0.750. The van der Waals surface area contributed by atoms with Crippen LogP contribution in [-0.4, -0.2) is 56.5 Å². The molecule has 1 unspecified atom stereocenters. The van der Waals surface area contributed by atoms with Gasteiger partial charge in [0, 0.05) is 43.1 Å². The molecule has 1 fully saturated rings. The average Bonchev–Trinajstić information content (AvgIpc) is 3.46. The number of halogens is 1. The Balaban J connectivity index is 0.00000320. The van der Waals surface area contributed by atoms with Gasteiger partial charge in [0.05, 0.1) is 28.3 Å². The van der Waals surface area contributed by atoms with E-state index in [9.17, 15) is 0 Å². The molecular weight excluding hydrogens is 531 g/mol. The van der Waals surface area contributed by atoms with Gasteiger partial charge in [-0.3, -0.25) is 4.99 Å². The summed E-state index contributed by atoms with van der Waals surface area (Å²) in [4.78, 5) is 11.8. The number of aryl methyl sites for hydroxylation is 1. The molecule has 9 heteroatoms. The fraction of sp³-hybridized carbons (Fsp3) is 0.619. The second kappa shape index (κ2) is 14.3. The lowest BCUT2D eigenvalue weighted by molar-refractivity contribution is 0.0171. The van der Waals surface area contributed by atoms with Crippen molar-refractivity contribution in [3.63, 3.8) is 0 Å². The lowest BCUT2D eigenvalue weighted by Gasteiger charge is -2.11. The van der Waals surface area contributed by atoms with Gasteiger partial charge in [-0.2, -0.15) is 0 Å². The Bertz CT molecular complexity index is 760. The van der Waals surface area contributed by atoms with E-state index < -0.39 is 0 Å². The van der Waals surface area contributed by atoms with Crippen LogP contribution in [0.1, 0.15) is 36.1 Å². The van der Waals surface area contributed by atoms with Gasteiger partial charge in [-0.05, 0) is 51.7 Å². The van der Waals surface area contributed by atoms with Crippen molar-refractivity contribution >= 4 is 52.6 Å². The number of rotatable bonds is 11. The number of nitrogens with one attached hydrogen (secondary N) is 2. The van der Waals surface area contributed by atoms with Gasteiger partial charge in [-0.15, -0.1) is 46.7 Å². The maximum Gasteiger partial charge on any atom is 0.191 e. The van der Waals surface area contributed by atoms with Crippen molar-refractivity contribution in [1.82, 2.24) is 15.6 Å². The third-order valence-corrected chi connectivity index (χ3v) is 6.53. The van der Waals surface area contributed by atoms with Crippen molar-refractivity contribution in [2.45, 2.75) is 45.6 Å². The smallest absolute Gasteiger partial charge is 0.191 e. The summed E-state index contributed by atoms with van der Waals surface area (Å²) in [6.07, 6.45) is 4.48. The van der Waals surface area contributed by atoms with Gasteiger partial charge in [0.15, 0.2) is 5.96 Å². The lowest BCUT2D eigenvalue weighted by atomic mass is 10.2. The molecule has 168 valence electrons. The molecule has 1 aliphatic heterocycles. The SMILES string of the molecule is CCNC(=NCCCOCC1CCCO1)NCCc1ccc(-c2csc(C)n2)s1.I. The Morgan fingerprint density at radius 3 is 3.00 bits per heavy atom. The predicted molar refractivity (Wildman–Crippen MR) is 138 cm³/mol. The Kier molecular flexibility index (Phi) is 12.2. The molecule has 6 nitrogen and oxygen atoms in total. The molecule has 2 aromatic rings. The van der Waals surface area contributed by atoms with E-state index in [1.807, 2.05) is 18.3 Å². The molecule has 0 saturated carbocycles. The van der Waals surface area contributed by atoms with Crippen LogP contribution in [0.25, 0.3) is 10.6 Å². The topological polar surface area (TPSA) is 67.8 Å². The molecule has 2 N–H and O–H groups in total. The number of aromatic nitrogens is 1. The zero-order valence-corrected chi connectivity index (χ0v) is 21.8. The highest BCUT2D eigenvalue weighted by Gasteiger charge is 2.14. The zero-order valence-electron chi connectivity index (χ0n) is 17.8. The number of ether oxygens (including phenoxy) is 2. The van der Waals surface area contributed by atoms with Gasteiger partial charge in [0.1, 0.15) is 0 Å². The summed E-state index contributed by atoms with van der Waals surface area (Å²) >= 11 is 3.52. The third-order valence-electron chi connectivity index (χ3n) is 4.59. The molecule has 0 bridgehead atoms. The van der Waals surface area contributed by atoms with Crippen LogP contribution >= 0.6 is 46.7 Å². The van der Waals surface area contributed by atoms with Crippen molar-refractivity contribution in [1.29, 1.82) is 0 Å². The minimum Gasteiger partial charge on any atom is -0.379 e. The number of nitrogens with zero attached hydrogens (tertiary/aromatic N) is 2. The third kappa shape index (κ3) is 8.78. The second-order valence-corrected chi connectivity index (χ2v) is 9.25. The van der Waals surface area contributed by atoms with E-state index >= 15 is 0 Å². The first-order valence-corrected chi connectivity index (χ1v) is 12.2. The van der Waals surface area contributed by atoms with Gasteiger partial charge in [-0.25, -0.2) is 4.98 Å². The highest BCUT2D eigenvalue weighted by Crippen LogP contribution is 2.29. The van der Waals surface area contributed by atoms with Crippen LogP contribution < -0.4 is 10.6 Å². The number of thiophene rings is 1. The summed E-state index contributed by atoms with van der Waals surface area (Å²) in [6.45, 7) is 8.93. The van der Waals surface area contributed by atoms with E-state index in [-0.39, 0.29) is 24.0 Å². The van der Waals surface area contributed by atoms with Crippen LogP contribution in [0.3, 0.4) is 0 Å². The monoisotopic (exact) mass is 564 g/mol. The van der Waals surface area contributed by atoms with Crippen LogP contribution in [0, 0.1) is 6.92 Å². The molecule has 0 aliphatic carbocycles. The van der Waals surface area contributed by atoms with Crippen molar-refractivity contribution in [3.05, 3.63) is 27.4 Å². The Morgan fingerprint density at radius 1 is 1.37 bits per heavy atom. The highest BCUT2D eigenvalue weighted by molar-refractivity contribution is 14.0. The van der Waals surface area contributed by atoms with Gasteiger partial charge in [-0.1, -0.05) is 0 Å². The van der Waals surface area contributed by atoms with Crippen LogP contribution in [0.4, 0.5) is 0 Å². The molecular formula is C21H33IN4O2S2. The van der Waals surface area contributed by atoms with Gasteiger partial charge in [0.25, 0.3) is 0 Å². The normalized spacial score (nSPS) is 16.5. The summed E-state index contributed by atoms with van der Waals surface area (Å²) in [5.41, 5.74) is 1.09. The quantitative estimate of drug-likeness (QED) is 0.182. The van der Waals surface area contributed by atoms with Crippen LogP contribution in [0.15, 0.2) is 22.5 Å². The van der Waals surface area contributed by atoms with Gasteiger partial charge >= 0.3 is 0 Å². The largest absolute Gasteiger partial charge is 0.379 e. The highest BCUT2D eigenvalue weighted by atomic mass is 127. The maximum atomic E-state index is 5.70. The molecule has 30 heavy (non-hydrogen) atoms. The Labute approximate surface area is 204 Å². The molecule has 3 heterocycles. The molecule has 0 spiro atoms. The fourth-order valence-electron chi connectivity index (χ4n) is 3.12. The zero-order chi connectivity index (χ0) is 20.3. The lowest BCUT2D eigenvalue weighted by Crippen LogP contribution is -2.38. The van der Waals surface area contributed by atoms with E-state index in [0.29, 0.717) is 12.7 Å². The number of thiazole rings is 1. The van der Waals surface area contributed by atoms with Crippen LogP contribution in [0.2, 0.25) is 0 Å². The van der Waals surface area contributed by atoms with Gasteiger partial charge < -0.3 is 20.1 Å². The van der Waals surface area contributed by atoms with Crippen LogP contribution in [0.5, 0.6) is 0 Å². The van der Waals surface area contributed by atoms with E-state index in [0.717, 1.165) is 75.2 Å². The molecule has 1 aliphatic rings. The minimum absolute atomic E-state index is 0. The molecule has 3 rings (SSSR count). The standard InChI is InChI=1S/C21H32N4O2S2.HI/c1-3-22-21(23-10-5-12-26-14-17-6-4-13-27-17)24-11-9-18-7-8-20(29-18)19-15-28-16(2)25-19;/h7-8,15,17H,3-6,9-14H2,1-2H3,(H2,22,23,24);1H. The molecule has 2 aromatic heterocycles. The summed E-state index contributed by atoms with van der Waals surface area (Å²) in [6, 6.07) is 4.37. The van der Waals surface area contributed by atoms with E-state index in [4.69, 9.17) is 9.47 Å². The fourth-order valence-corrected chi connectivity index (χ4v) is 4.78. The number of aliphatic imine (C=N–C) groups is 1. The molecule has 1 saturated heterocycles. The molecule has 1 atom stereocenters. The van der Waals surface area contributed by atoms with Crippen LogP contribution in [-0.2, 0) is 15.9 Å². The first-order valence-electron chi connectivity index (χ1n) is 10.5. The first kappa shape index (κ1) is 25.5. The second-order valence-electron chi connectivity index (χ2n) is 7.02. The summed E-state index contributed by atoms with van der Waals surface area (Å²) < 4.78 is 11.3. The van der Waals surface area contributed by atoms with Crippen molar-refractivity contribution in [3.8, 4) is 10.6 Å². The van der Waals surface area contributed by atoms with Crippen molar-refractivity contribution in [2.24, 2.45) is 4.99 Å². The number of hydrogen-bond acceptors (Lipinski definition) is 6. The summed E-state index contributed by atoms with van der Waals surface area (Å²) in [7, 11) is 0. The summed E-state index contributed by atoms with van der Waals surface area (Å²) in [5.74, 6) is 0.874. The first-order chi connectivity index (χ1) is 14.2. The average molecular weight is 565 g/mol. The maximum absolute atomic E-state index is 5.70. The molecule has 0 amide bonds. The van der Waals surface area contributed by atoms with E-state index in [1.54, 1.807) is 11.3 Å². The number of hydrogen-bond donors (Lipinski definition) is 2. The predicted octanol–water partition coefficient (Wildman–Crippen LogP) is 4.48. The van der Waals surface area contributed by atoms with E-state index in [1.165, 1.54) is 9.75 Å². The van der Waals surface area contributed by atoms with E-state index in [2.05, 4.69) is 45.0 Å². The van der Waals surface area contributed by atoms with Crippen molar-refractivity contribution < 1.29 is 9.47 Å². The summed E-state index contributed by atoms with van der Waals surface area (Å²) in [5, 5.41) is 9.98. The number of guanidine groups is 1. The minimum atomic E-state index is 0. The van der Waals surface area contributed by atoms with Crippen molar-refractivity contribution in [2.75, 3.05) is 39.5 Å². The molecule has 0 aromatic carbocycles. The van der Waals surface area contributed by atoms with Gasteiger partial charge in [0.2, 0.25) is 0 Å². The molecule has 0 radical (unpaired) electrons. The Morgan fingerprint density at radius 2 is 2.27 bits per heavy atom.